The fourth-order valence-electron chi connectivity index (χ4n) is 1.55. The minimum absolute atomic E-state index is 0.0476. The van der Waals surface area contributed by atoms with Crippen LogP contribution in [0.1, 0.15) is 23.0 Å². The van der Waals surface area contributed by atoms with Crippen LogP contribution in [0, 0.1) is 10.1 Å². The molecule has 0 fully saturated rings. The lowest BCUT2D eigenvalue weighted by atomic mass is 10.2. The van der Waals surface area contributed by atoms with Gasteiger partial charge in [-0.15, -0.1) is 11.3 Å². The summed E-state index contributed by atoms with van der Waals surface area (Å²) in [6.07, 6.45) is 2.70. The van der Waals surface area contributed by atoms with Crippen LogP contribution >= 0.6 is 11.3 Å². The van der Waals surface area contributed by atoms with E-state index in [-0.39, 0.29) is 11.5 Å². The van der Waals surface area contributed by atoms with Crippen molar-refractivity contribution in [2.45, 2.75) is 6.92 Å². The van der Waals surface area contributed by atoms with Gasteiger partial charge >= 0.3 is 0 Å². The van der Waals surface area contributed by atoms with Crippen LogP contribution in [0.3, 0.4) is 0 Å². The predicted molar refractivity (Wildman–Crippen MR) is 82.9 cm³/mol. The molecule has 0 saturated carbocycles. The first kappa shape index (κ1) is 15.5. The maximum atomic E-state index is 11.7. The summed E-state index contributed by atoms with van der Waals surface area (Å²) in [6.45, 7) is 1.39. The second-order valence-electron chi connectivity index (χ2n) is 4.27. The van der Waals surface area contributed by atoms with Crippen molar-refractivity contribution in [3.05, 3.63) is 57.1 Å². The zero-order valence-electron chi connectivity index (χ0n) is 11.5. The van der Waals surface area contributed by atoms with Crippen LogP contribution in [-0.2, 0) is 4.79 Å². The van der Waals surface area contributed by atoms with E-state index in [9.17, 15) is 19.7 Å². The summed E-state index contributed by atoms with van der Waals surface area (Å²) in [5.41, 5.74) is 0.782. The average Bonchev–Trinajstić information content (AvgIpc) is 2.94. The van der Waals surface area contributed by atoms with Gasteiger partial charge in [-0.2, -0.15) is 0 Å². The van der Waals surface area contributed by atoms with E-state index in [0.717, 1.165) is 11.3 Å². The first-order valence-electron chi connectivity index (χ1n) is 6.15. The monoisotopic (exact) mass is 317 g/mol. The number of hydrogen-bond donors (Lipinski definition) is 1. The molecule has 112 valence electrons. The number of thiazole rings is 1. The number of amides is 1. The highest BCUT2D eigenvalue weighted by Crippen LogP contribution is 2.16. The molecular formula is C14H11N3O4S. The van der Waals surface area contributed by atoms with E-state index in [1.807, 2.05) is 0 Å². The minimum Gasteiger partial charge on any atom is -0.298 e. The van der Waals surface area contributed by atoms with Gasteiger partial charge < -0.3 is 0 Å². The van der Waals surface area contributed by atoms with Crippen LogP contribution in [0.15, 0.2) is 35.7 Å². The van der Waals surface area contributed by atoms with Crippen LogP contribution in [0.2, 0.25) is 0 Å². The van der Waals surface area contributed by atoms with E-state index < -0.39 is 10.8 Å². The van der Waals surface area contributed by atoms with Gasteiger partial charge in [-0.1, -0.05) is 12.1 Å². The summed E-state index contributed by atoms with van der Waals surface area (Å²) in [5, 5.41) is 15.1. The van der Waals surface area contributed by atoms with Crippen LogP contribution in [0.5, 0.6) is 0 Å². The number of nitrogens with zero attached hydrogens (tertiary/aromatic N) is 2. The number of ketones is 1. The van der Waals surface area contributed by atoms with Crippen LogP contribution in [0.25, 0.3) is 6.08 Å². The molecule has 2 rings (SSSR count). The fraction of sp³-hybridized carbons (Fsp3) is 0.0714. The van der Waals surface area contributed by atoms with Crippen molar-refractivity contribution in [2.24, 2.45) is 0 Å². The number of nitro benzene ring substituents is 1. The molecule has 7 nitrogen and oxygen atoms in total. The molecule has 1 amide bonds. The van der Waals surface area contributed by atoms with E-state index in [2.05, 4.69) is 10.3 Å². The first-order valence-corrected chi connectivity index (χ1v) is 7.03. The largest absolute Gasteiger partial charge is 0.298 e. The molecular weight excluding hydrogens is 306 g/mol. The van der Waals surface area contributed by atoms with Crippen molar-refractivity contribution in [2.75, 3.05) is 5.32 Å². The summed E-state index contributed by atoms with van der Waals surface area (Å²) in [7, 11) is 0. The minimum atomic E-state index is -0.504. The van der Waals surface area contributed by atoms with Crippen LogP contribution < -0.4 is 5.32 Å². The number of nitrogens with one attached hydrogen (secondary N) is 1. The fourth-order valence-corrected chi connectivity index (χ4v) is 2.31. The lowest BCUT2D eigenvalue weighted by Crippen LogP contribution is -2.07. The maximum Gasteiger partial charge on any atom is 0.270 e. The Balaban J connectivity index is 2.03. The SMILES string of the molecule is CC(=O)c1csc(NC(=O)/C=C/c2cccc([N+](=O)[O-])c2)n1. The number of rotatable bonds is 5. The predicted octanol–water partition coefficient (Wildman–Crippen LogP) is 2.91. The van der Waals surface area contributed by atoms with Crippen molar-refractivity contribution < 1.29 is 14.5 Å². The molecule has 1 aromatic carbocycles. The Hall–Kier alpha value is -2.87. The number of nitro groups is 1. The molecule has 8 heteroatoms. The maximum absolute atomic E-state index is 11.7. The highest BCUT2D eigenvalue weighted by atomic mass is 32.1. The Bertz CT molecular complexity index is 767. The Labute approximate surface area is 129 Å². The van der Waals surface area contributed by atoms with E-state index >= 15 is 0 Å². The number of Topliss-reactive ketones (excluding diaryl/α,β-unsaturated/α-hetero) is 1. The Morgan fingerprint density at radius 1 is 1.41 bits per heavy atom. The number of carbonyl (C=O) groups excluding carboxylic acids is 2. The number of hydrogen-bond acceptors (Lipinski definition) is 6. The Morgan fingerprint density at radius 2 is 2.18 bits per heavy atom. The van der Waals surface area contributed by atoms with Gasteiger partial charge in [0.25, 0.3) is 5.69 Å². The van der Waals surface area contributed by atoms with Gasteiger partial charge in [-0.05, 0) is 11.6 Å². The summed E-state index contributed by atoms with van der Waals surface area (Å²) in [6, 6.07) is 5.92. The van der Waals surface area contributed by atoms with Gasteiger partial charge in [-0.3, -0.25) is 25.0 Å². The van der Waals surface area contributed by atoms with Gasteiger partial charge in [0.05, 0.1) is 4.92 Å². The number of anilines is 1. The Morgan fingerprint density at radius 3 is 2.82 bits per heavy atom. The summed E-state index contributed by atoms with van der Waals surface area (Å²) < 4.78 is 0. The summed E-state index contributed by atoms with van der Waals surface area (Å²) >= 11 is 1.15. The molecule has 0 atom stereocenters. The van der Waals surface area contributed by atoms with Crippen molar-refractivity contribution in [1.82, 2.24) is 4.98 Å². The molecule has 1 aromatic heterocycles. The van der Waals surface area contributed by atoms with Crippen molar-refractivity contribution in [3.63, 3.8) is 0 Å². The van der Waals surface area contributed by atoms with Gasteiger partial charge in [0.1, 0.15) is 5.69 Å². The quantitative estimate of drug-likeness (QED) is 0.395. The third-order valence-corrected chi connectivity index (χ3v) is 3.36. The molecule has 0 spiro atoms. The van der Waals surface area contributed by atoms with E-state index in [0.29, 0.717) is 16.4 Å². The number of non-ortho nitro benzene ring substituents is 1. The third-order valence-electron chi connectivity index (χ3n) is 2.60. The molecule has 0 radical (unpaired) electrons. The van der Waals surface area contributed by atoms with Gasteiger partial charge in [-0.25, -0.2) is 4.98 Å². The second-order valence-corrected chi connectivity index (χ2v) is 5.13. The van der Waals surface area contributed by atoms with E-state index in [1.165, 1.54) is 37.3 Å². The van der Waals surface area contributed by atoms with Gasteiger partial charge in [0, 0.05) is 30.5 Å². The normalized spacial score (nSPS) is 10.6. The Kier molecular flexibility index (Phi) is 4.74. The van der Waals surface area contributed by atoms with Gasteiger partial charge in [0.2, 0.25) is 5.91 Å². The van der Waals surface area contributed by atoms with Gasteiger partial charge in [0.15, 0.2) is 10.9 Å². The topological polar surface area (TPSA) is 102 Å². The van der Waals surface area contributed by atoms with Crippen molar-refractivity contribution >= 4 is 39.9 Å². The van der Waals surface area contributed by atoms with E-state index in [1.54, 1.807) is 11.4 Å². The number of benzene rings is 1. The highest BCUT2D eigenvalue weighted by molar-refractivity contribution is 7.14. The molecule has 0 aliphatic heterocycles. The molecule has 0 bridgehead atoms. The van der Waals surface area contributed by atoms with Crippen LogP contribution in [-0.4, -0.2) is 21.6 Å². The molecule has 22 heavy (non-hydrogen) atoms. The first-order chi connectivity index (χ1) is 10.5. The number of carbonyl (C=O) groups is 2. The van der Waals surface area contributed by atoms with Crippen LogP contribution in [0.4, 0.5) is 10.8 Å². The summed E-state index contributed by atoms with van der Waals surface area (Å²) in [4.78, 5) is 36.9. The molecule has 0 aliphatic rings. The smallest absolute Gasteiger partial charge is 0.270 e. The van der Waals surface area contributed by atoms with Crippen molar-refractivity contribution in [3.8, 4) is 0 Å². The summed E-state index contributed by atoms with van der Waals surface area (Å²) in [5.74, 6) is -0.611. The molecule has 2 aromatic rings. The second kappa shape index (κ2) is 6.72. The number of aromatic nitrogens is 1. The van der Waals surface area contributed by atoms with E-state index in [4.69, 9.17) is 0 Å². The molecule has 1 heterocycles. The zero-order valence-corrected chi connectivity index (χ0v) is 12.3. The molecule has 0 aliphatic carbocycles. The van der Waals surface area contributed by atoms with Crippen molar-refractivity contribution in [1.29, 1.82) is 0 Å². The highest BCUT2D eigenvalue weighted by Gasteiger charge is 2.08. The molecule has 0 saturated heterocycles. The molecule has 1 N–H and O–H groups in total. The zero-order chi connectivity index (χ0) is 16.1. The lowest BCUT2D eigenvalue weighted by Gasteiger charge is -1.96. The lowest BCUT2D eigenvalue weighted by molar-refractivity contribution is -0.384. The average molecular weight is 317 g/mol. The third kappa shape index (κ3) is 4.06. The standard InChI is InChI=1S/C14H11N3O4S/c1-9(18)12-8-22-14(15-12)16-13(19)6-5-10-3-2-4-11(7-10)17(20)21/h2-8H,1H3,(H,15,16,19)/b6-5+. The molecule has 0 unspecified atom stereocenters.